The van der Waals surface area contributed by atoms with Gasteiger partial charge in [-0.15, -0.1) is 0 Å². The molecule has 0 unspecified atom stereocenters. The van der Waals surface area contributed by atoms with Crippen molar-refractivity contribution in [3.05, 3.63) is 33.8 Å². The minimum absolute atomic E-state index is 0.130. The van der Waals surface area contributed by atoms with Crippen molar-refractivity contribution < 1.29 is 9.53 Å². The molecule has 3 nitrogen and oxygen atoms in total. The van der Waals surface area contributed by atoms with Crippen molar-refractivity contribution in [2.75, 3.05) is 19.4 Å². The highest BCUT2D eigenvalue weighted by atomic mass is 79.9. The maximum Gasteiger partial charge on any atom is 0.324 e. The van der Waals surface area contributed by atoms with Crippen molar-refractivity contribution in [2.24, 2.45) is 0 Å². The van der Waals surface area contributed by atoms with Gasteiger partial charge in [0.2, 0.25) is 0 Å². The first-order valence-corrected chi connectivity index (χ1v) is 9.34. The van der Waals surface area contributed by atoms with Gasteiger partial charge in [-0.2, -0.15) is 11.8 Å². The first-order valence-electron chi connectivity index (χ1n) is 7.56. The van der Waals surface area contributed by atoms with Crippen molar-refractivity contribution in [1.82, 2.24) is 4.90 Å². The number of aryl methyl sites for hydroxylation is 1. The fourth-order valence-corrected chi connectivity index (χ4v) is 4.70. The molecule has 0 spiro atoms. The zero-order valence-corrected chi connectivity index (χ0v) is 16.1. The molecule has 122 valence electrons. The van der Waals surface area contributed by atoms with Crippen LogP contribution in [0, 0.1) is 6.92 Å². The van der Waals surface area contributed by atoms with Crippen LogP contribution in [0.2, 0.25) is 0 Å². The number of benzene rings is 1. The zero-order valence-electron chi connectivity index (χ0n) is 13.7. The zero-order chi connectivity index (χ0) is 16.3. The molecule has 1 saturated heterocycles. The Labute approximate surface area is 145 Å². The Bertz CT molecular complexity index is 547. The molecule has 1 aromatic carbocycles. The molecule has 1 atom stereocenters. The SMILES string of the molecule is COC(=O)[C@@H]1N(Cc2ccc(Br)cc2C)CCCSC1(C)C. The van der Waals surface area contributed by atoms with Crippen LogP contribution in [0.4, 0.5) is 0 Å². The first-order chi connectivity index (χ1) is 10.3. The Hall–Kier alpha value is -0.520. The molecule has 0 saturated carbocycles. The van der Waals surface area contributed by atoms with Gasteiger partial charge in [-0.3, -0.25) is 9.69 Å². The highest BCUT2D eigenvalue weighted by molar-refractivity contribution is 9.10. The quantitative estimate of drug-likeness (QED) is 0.734. The highest BCUT2D eigenvalue weighted by Crippen LogP contribution is 2.36. The van der Waals surface area contributed by atoms with Gasteiger partial charge < -0.3 is 4.74 Å². The lowest BCUT2D eigenvalue weighted by molar-refractivity contribution is -0.148. The second kappa shape index (κ2) is 7.37. The Morgan fingerprint density at radius 2 is 2.23 bits per heavy atom. The summed E-state index contributed by atoms with van der Waals surface area (Å²) < 4.78 is 6.04. The summed E-state index contributed by atoms with van der Waals surface area (Å²) in [6.07, 6.45) is 1.09. The molecule has 1 aliphatic rings. The van der Waals surface area contributed by atoms with E-state index >= 15 is 0 Å². The van der Waals surface area contributed by atoms with Gasteiger partial charge >= 0.3 is 5.97 Å². The average molecular weight is 386 g/mol. The normalized spacial score (nSPS) is 22.1. The molecule has 0 radical (unpaired) electrons. The third-order valence-corrected chi connectivity index (χ3v) is 6.14. The Kier molecular flexibility index (Phi) is 5.97. The Morgan fingerprint density at radius 1 is 1.50 bits per heavy atom. The predicted molar refractivity (Wildman–Crippen MR) is 96.2 cm³/mol. The molecule has 0 aliphatic carbocycles. The maximum absolute atomic E-state index is 12.4. The number of methoxy groups -OCH3 is 1. The number of hydrogen-bond acceptors (Lipinski definition) is 4. The summed E-state index contributed by atoms with van der Waals surface area (Å²) in [6, 6.07) is 6.11. The largest absolute Gasteiger partial charge is 0.468 e. The van der Waals surface area contributed by atoms with E-state index in [-0.39, 0.29) is 16.8 Å². The number of esters is 1. The second-order valence-corrected chi connectivity index (χ2v) is 8.94. The van der Waals surface area contributed by atoms with Gasteiger partial charge in [-0.1, -0.05) is 22.0 Å². The third kappa shape index (κ3) is 4.06. The number of carbonyl (C=O) groups is 1. The van der Waals surface area contributed by atoms with E-state index in [0.717, 1.165) is 29.7 Å². The van der Waals surface area contributed by atoms with Crippen LogP contribution >= 0.6 is 27.7 Å². The lowest BCUT2D eigenvalue weighted by atomic mass is 9.99. The fourth-order valence-electron chi connectivity index (χ4n) is 3.02. The second-order valence-electron chi connectivity index (χ2n) is 6.27. The Morgan fingerprint density at radius 3 is 2.86 bits per heavy atom. The molecule has 2 rings (SSSR count). The van der Waals surface area contributed by atoms with Gasteiger partial charge in [0.05, 0.1) is 7.11 Å². The molecule has 5 heteroatoms. The number of ether oxygens (including phenoxy) is 1. The molecule has 1 aliphatic heterocycles. The summed E-state index contributed by atoms with van der Waals surface area (Å²) in [6.45, 7) is 8.11. The van der Waals surface area contributed by atoms with Crippen LogP contribution in [0.1, 0.15) is 31.4 Å². The third-order valence-electron chi connectivity index (χ3n) is 4.19. The van der Waals surface area contributed by atoms with Crippen LogP contribution in [-0.4, -0.2) is 41.1 Å². The van der Waals surface area contributed by atoms with Crippen molar-refractivity contribution in [2.45, 2.75) is 44.5 Å². The van der Waals surface area contributed by atoms with E-state index in [4.69, 9.17) is 4.74 Å². The topological polar surface area (TPSA) is 29.5 Å². The molecular formula is C17H24BrNO2S. The van der Waals surface area contributed by atoms with Gasteiger partial charge in [0.1, 0.15) is 6.04 Å². The number of nitrogens with zero attached hydrogens (tertiary/aromatic N) is 1. The van der Waals surface area contributed by atoms with Crippen molar-refractivity contribution in [3.8, 4) is 0 Å². The van der Waals surface area contributed by atoms with Gasteiger partial charge in [-0.05, 0) is 56.2 Å². The number of rotatable bonds is 3. The standard InChI is InChI=1S/C17H24BrNO2S/c1-12-10-14(18)7-6-13(12)11-19-8-5-9-22-17(2,3)15(19)16(20)21-4/h6-7,10,15H,5,8-9,11H2,1-4H3/t15-/m0/s1. The van der Waals surface area contributed by atoms with E-state index in [0.29, 0.717) is 0 Å². The van der Waals surface area contributed by atoms with Crippen LogP contribution in [0.5, 0.6) is 0 Å². The predicted octanol–water partition coefficient (Wildman–Crippen LogP) is 4.02. The lowest BCUT2D eigenvalue weighted by Gasteiger charge is -2.37. The van der Waals surface area contributed by atoms with E-state index in [2.05, 4.69) is 59.8 Å². The molecule has 22 heavy (non-hydrogen) atoms. The molecule has 1 fully saturated rings. The molecule has 1 aromatic rings. The smallest absolute Gasteiger partial charge is 0.324 e. The number of hydrogen-bond donors (Lipinski definition) is 0. The van der Waals surface area contributed by atoms with Crippen molar-refractivity contribution >= 4 is 33.7 Å². The summed E-state index contributed by atoms with van der Waals surface area (Å²) in [7, 11) is 1.48. The summed E-state index contributed by atoms with van der Waals surface area (Å²) in [5.41, 5.74) is 2.51. The number of halogens is 1. The molecular weight excluding hydrogens is 362 g/mol. The van der Waals surface area contributed by atoms with Crippen LogP contribution < -0.4 is 0 Å². The van der Waals surface area contributed by atoms with Crippen LogP contribution in [0.25, 0.3) is 0 Å². The maximum atomic E-state index is 12.4. The summed E-state index contributed by atoms with van der Waals surface area (Å²) in [5, 5.41) is 0. The van der Waals surface area contributed by atoms with Gasteiger partial charge in [-0.25, -0.2) is 0 Å². The molecule has 0 amide bonds. The Balaban J connectivity index is 2.30. The van der Waals surface area contributed by atoms with E-state index in [1.165, 1.54) is 18.2 Å². The molecule has 0 N–H and O–H groups in total. The van der Waals surface area contributed by atoms with Crippen molar-refractivity contribution in [1.29, 1.82) is 0 Å². The van der Waals surface area contributed by atoms with Gasteiger partial charge in [0.25, 0.3) is 0 Å². The average Bonchev–Trinajstić information content (AvgIpc) is 2.59. The molecule has 0 bridgehead atoms. The van der Waals surface area contributed by atoms with E-state index < -0.39 is 0 Å². The number of carbonyl (C=O) groups excluding carboxylic acids is 1. The minimum atomic E-state index is -0.215. The monoisotopic (exact) mass is 385 g/mol. The summed E-state index contributed by atoms with van der Waals surface area (Å²) >= 11 is 5.37. The van der Waals surface area contributed by atoms with Gasteiger partial charge in [0, 0.05) is 22.3 Å². The van der Waals surface area contributed by atoms with Gasteiger partial charge in [0.15, 0.2) is 0 Å². The van der Waals surface area contributed by atoms with Crippen LogP contribution in [-0.2, 0) is 16.1 Å². The van der Waals surface area contributed by atoms with Crippen LogP contribution in [0.3, 0.4) is 0 Å². The molecule has 1 heterocycles. The van der Waals surface area contributed by atoms with E-state index in [9.17, 15) is 4.79 Å². The summed E-state index contributed by atoms with van der Waals surface area (Å²) in [5.74, 6) is 0.949. The lowest BCUT2D eigenvalue weighted by Crippen LogP contribution is -2.52. The molecule has 0 aromatic heterocycles. The van der Waals surface area contributed by atoms with E-state index in [1.54, 1.807) is 0 Å². The minimum Gasteiger partial charge on any atom is -0.468 e. The highest BCUT2D eigenvalue weighted by Gasteiger charge is 2.42. The fraction of sp³-hybridized carbons (Fsp3) is 0.588. The van der Waals surface area contributed by atoms with Crippen molar-refractivity contribution in [3.63, 3.8) is 0 Å². The van der Waals surface area contributed by atoms with Crippen LogP contribution in [0.15, 0.2) is 22.7 Å². The number of thioether (sulfide) groups is 1. The first kappa shape index (κ1) is 17.8. The summed E-state index contributed by atoms with van der Waals surface area (Å²) in [4.78, 5) is 14.7. The van der Waals surface area contributed by atoms with E-state index in [1.807, 2.05) is 11.8 Å².